The van der Waals surface area contributed by atoms with E-state index in [4.69, 9.17) is 11.6 Å². The largest absolute Gasteiger partial charge is 0.368 e. The lowest BCUT2D eigenvalue weighted by molar-refractivity contribution is -0.132. The summed E-state index contributed by atoms with van der Waals surface area (Å²) in [6.45, 7) is 6.46. The average Bonchev–Trinajstić information content (AvgIpc) is 2.73. The van der Waals surface area contributed by atoms with Crippen LogP contribution in [0, 0.1) is 13.8 Å². The lowest BCUT2D eigenvalue weighted by Crippen LogP contribution is -2.50. The van der Waals surface area contributed by atoms with Gasteiger partial charge in [0.25, 0.3) is 5.56 Å². The number of carbonyl (C=O) groups excluding carboxylic acids is 1. The molecule has 1 saturated heterocycles. The van der Waals surface area contributed by atoms with Gasteiger partial charge in [-0.2, -0.15) is 0 Å². The fraction of sp³-hybridized carbons (Fsp3) is 0.318. The molecule has 0 saturated carbocycles. The molecule has 0 radical (unpaired) electrons. The molecule has 150 valence electrons. The molecule has 6 nitrogen and oxygen atoms in total. The first kappa shape index (κ1) is 19.5. The minimum absolute atomic E-state index is 0.0267. The summed E-state index contributed by atoms with van der Waals surface area (Å²) in [5, 5.41) is 0.711. The molecule has 0 spiro atoms. The quantitative estimate of drug-likeness (QED) is 0.666. The standard InChI is InChI=1S/C22H23ClN4O2/c1-15-7-8-17(23)13-20(15)25-9-11-26(12-10-25)21(28)14-27-19-6-4-3-5-18(19)24-16(2)22(27)29/h3-8,13H,9-12,14H2,1-2H3. The van der Waals surface area contributed by atoms with Gasteiger partial charge in [-0.1, -0.05) is 29.8 Å². The molecule has 7 heteroatoms. The third-order valence-corrected chi connectivity index (χ3v) is 5.69. The Bertz CT molecular complexity index is 1130. The van der Waals surface area contributed by atoms with Gasteiger partial charge < -0.3 is 9.80 Å². The van der Waals surface area contributed by atoms with E-state index >= 15 is 0 Å². The Balaban J connectivity index is 1.50. The van der Waals surface area contributed by atoms with Crippen LogP contribution in [0.15, 0.2) is 47.3 Å². The molecule has 4 rings (SSSR count). The van der Waals surface area contributed by atoms with Crippen molar-refractivity contribution < 1.29 is 4.79 Å². The first-order valence-electron chi connectivity index (χ1n) is 9.69. The summed E-state index contributed by atoms with van der Waals surface area (Å²) in [4.78, 5) is 34.0. The van der Waals surface area contributed by atoms with Gasteiger partial charge in [-0.3, -0.25) is 14.2 Å². The van der Waals surface area contributed by atoms with Gasteiger partial charge in [0, 0.05) is 36.9 Å². The van der Waals surface area contributed by atoms with Gasteiger partial charge in [0.1, 0.15) is 12.2 Å². The number of amides is 1. The topological polar surface area (TPSA) is 58.4 Å². The van der Waals surface area contributed by atoms with Gasteiger partial charge in [-0.25, -0.2) is 4.98 Å². The van der Waals surface area contributed by atoms with E-state index in [0.29, 0.717) is 29.3 Å². The summed E-state index contributed by atoms with van der Waals surface area (Å²) >= 11 is 6.15. The van der Waals surface area contributed by atoms with Crippen LogP contribution in [0.1, 0.15) is 11.3 Å². The average molecular weight is 411 g/mol. The number of carbonyl (C=O) groups is 1. The number of nitrogens with zero attached hydrogens (tertiary/aromatic N) is 4. The Kier molecular flexibility index (Phi) is 5.28. The number of aryl methyl sites for hydroxylation is 2. The van der Waals surface area contributed by atoms with Crippen molar-refractivity contribution in [1.29, 1.82) is 0 Å². The van der Waals surface area contributed by atoms with E-state index in [1.807, 2.05) is 47.4 Å². The van der Waals surface area contributed by atoms with Crippen molar-refractivity contribution in [2.75, 3.05) is 31.1 Å². The fourth-order valence-corrected chi connectivity index (χ4v) is 4.00. The number of hydrogen-bond acceptors (Lipinski definition) is 4. The van der Waals surface area contributed by atoms with Crippen LogP contribution in [0.2, 0.25) is 5.02 Å². The summed E-state index contributed by atoms with van der Waals surface area (Å²) in [6.07, 6.45) is 0. The van der Waals surface area contributed by atoms with Crippen molar-refractivity contribution in [1.82, 2.24) is 14.5 Å². The molecule has 1 amide bonds. The molecule has 1 aliphatic heterocycles. The van der Waals surface area contributed by atoms with Crippen molar-refractivity contribution in [3.63, 3.8) is 0 Å². The Morgan fingerprint density at radius 3 is 2.55 bits per heavy atom. The second-order valence-electron chi connectivity index (χ2n) is 7.38. The lowest BCUT2D eigenvalue weighted by atomic mass is 10.1. The Morgan fingerprint density at radius 2 is 1.79 bits per heavy atom. The van der Waals surface area contributed by atoms with E-state index in [1.165, 1.54) is 10.1 Å². The second kappa shape index (κ2) is 7.87. The van der Waals surface area contributed by atoms with Crippen molar-refractivity contribution in [2.24, 2.45) is 0 Å². The molecule has 1 aromatic heterocycles. The number of hydrogen-bond donors (Lipinski definition) is 0. The number of para-hydroxylation sites is 2. The van der Waals surface area contributed by atoms with Crippen LogP contribution in [0.4, 0.5) is 5.69 Å². The Morgan fingerprint density at radius 1 is 1.07 bits per heavy atom. The van der Waals surface area contributed by atoms with E-state index < -0.39 is 0 Å². The molecule has 0 N–H and O–H groups in total. The van der Waals surface area contributed by atoms with Gasteiger partial charge >= 0.3 is 0 Å². The van der Waals surface area contributed by atoms with Crippen LogP contribution in [-0.4, -0.2) is 46.5 Å². The molecule has 1 fully saturated rings. The van der Waals surface area contributed by atoms with Gasteiger partial charge in [-0.15, -0.1) is 0 Å². The van der Waals surface area contributed by atoms with E-state index in [0.717, 1.165) is 24.3 Å². The Labute approximate surface area is 174 Å². The molecule has 2 heterocycles. The summed E-state index contributed by atoms with van der Waals surface area (Å²) in [5.41, 5.74) is 3.86. The number of aromatic nitrogens is 2. The van der Waals surface area contributed by atoms with Gasteiger partial charge in [0.15, 0.2) is 0 Å². The number of fused-ring (bicyclic) bond motifs is 1. The maximum absolute atomic E-state index is 12.9. The van der Waals surface area contributed by atoms with Crippen LogP contribution in [0.25, 0.3) is 11.0 Å². The number of rotatable bonds is 3. The van der Waals surface area contributed by atoms with Crippen molar-refractivity contribution in [2.45, 2.75) is 20.4 Å². The highest BCUT2D eigenvalue weighted by Gasteiger charge is 2.23. The zero-order valence-corrected chi connectivity index (χ0v) is 17.3. The predicted octanol–water partition coefficient (Wildman–Crippen LogP) is 3.02. The molecule has 0 bridgehead atoms. The smallest absolute Gasteiger partial charge is 0.272 e. The minimum Gasteiger partial charge on any atom is -0.368 e. The van der Waals surface area contributed by atoms with Crippen molar-refractivity contribution in [3.05, 3.63) is 69.1 Å². The number of benzene rings is 2. The second-order valence-corrected chi connectivity index (χ2v) is 7.81. The molecule has 29 heavy (non-hydrogen) atoms. The summed E-state index contributed by atoms with van der Waals surface area (Å²) in [7, 11) is 0. The highest BCUT2D eigenvalue weighted by atomic mass is 35.5. The van der Waals surface area contributed by atoms with Crippen LogP contribution in [-0.2, 0) is 11.3 Å². The fourth-order valence-electron chi connectivity index (χ4n) is 3.83. The maximum Gasteiger partial charge on any atom is 0.272 e. The molecule has 0 unspecified atom stereocenters. The highest BCUT2D eigenvalue weighted by molar-refractivity contribution is 6.30. The summed E-state index contributed by atoms with van der Waals surface area (Å²) in [5.74, 6) is -0.0506. The van der Waals surface area contributed by atoms with Crippen LogP contribution >= 0.6 is 11.6 Å². The number of anilines is 1. The molecular weight excluding hydrogens is 388 g/mol. The van der Waals surface area contributed by atoms with Crippen LogP contribution in [0.3, 0.4) is 0 Å². The number of halogens is 1. The van der Waals surface area contributed by atoms with Crippen molar-refractivity contribution in [3.8, 4) is 0 Å². The molecule has 0 atom stereocenters. The minimum atomic E-state index is -0.217. The molecular formula is C22H23ClN4O2. The summed E-state index contributed by atoms with van der Waals surface area (Å²) < 4.78 is 1.54. The zero-order valence-electron chi connectivity index (χ0n) is 16.6. The molecule has 2 aromatic carbocycles. The van der Waals surface area contributed by atoms with E-state index in [-0.39, 0.29) is 18.0 Å². The van der Waals surface area contributed by atoms with E-state index in [2.05, 4.69) is 16.8 Å². The summed E-state index contributed by atoms with van der Waals surface area (Å²) in [6, 6.07) is 13.3. The number of piperazine rings is 1. The highest BCUT2D eigenvalue weighted by Crippen LogP contribution is 2.25. The third-order valence-electron chi connectivity index (χ3n) is 5.45. The molecule has 3 aromatic rings. The Hall–Kier alpha value is -2.86. The normalized spacial score (nSPS) is 14.4. The third kappa shape index (κ3) is 3.85. The van der Waals surface area contributed by atoms with E-state index in [1.54, 1.807) is 6.92 Å². The molecule has 0 aliphatic carbocycles. The van der Waals surface area contributed by atoms with Gasteiger partial charge in [-0.05, 0) is 43.7 Å². The van der Waals surface area contributed by atoms with Gasteiger partial charge in [0.2, 0.25) is 5.91 Å². The van der Waals surface area contributed by atoms with Crippen LogP contribution < -0.4 is 10.5 Å². The first-order valence-corrected chi connectivity index (χ1v) is 10.1. The SMILES string of the molecule is Cc1ccc(Cl)cc1N1CCN(C(=O)Cn2c(=O)c(C)nc3ccccc32)CC1. The van der Waals surface area contributed by atoms with Crippen LogP contribution in [0.5, 0.6) is 0 Å². The predicted molar refractivity (Wildman–Crippen MR) is 116 cm³/mol. The first-order chi connectivity index (χ1) is 13.9. The molecule has 1 aliphatic rings. The monoisotopic (exact) mass is 410 g/mol. The lowest BCUT2D eigenvalue weighted by Gasteiger charge is -2.37. The van der Waals surface area contributed by atoms with E-state index in [9.17, 15) is 9.59 Å². The van der Waals surface area contributed by atoms with Gasteiger partial charge in [0.05, 0.1) is 11.0 Å². The zero-order chi connectivity index (χ0) is 20.5. The maximum atomic E-state index is 12.9. The van der Waals surface area contributed by atoms with Crippen molar-refractivity contribution >= 4 is 34.2 Å².